The number of hydrogen-bond acceptors (Lipinski definition) is 4. The van der Waals surface area contributed by atoms with Crippen molar-refractivity contribution in [2.24, 2.45) is 0 Å². The van der Waals surface area contributed by atoms with Crippen molar-refractivity contribution in [3.8, 4) is 5.75 Å². The monoisotopic (exact) mass is 416 g/mol. The second-order valence-corrected chi connectivity index (χ2v) is 6.95. The standard InChI is InChI=1S/C19H14Cl2N4O3/c1-28-16-5-3-11(7-14(16)21)23-17(26)9-25-19(27)13-8-22-15-4-2-10(20)6-12(15)18(13)24-25/h2-8,24H,9H2,1H3,(H,23,26). The van der Waals surface area contributed by atoms with Crippen LogP contribution in [0.2, 0.25) is 10.0 Å². The summed E-state index contributed by atoms with van der Waals surface area (Å²) >= 11 is 12.1. The average Bonchev–Trinajstić information content (AvgIpc) is 2.98. The number of rotatable bonds is 4. The van der Waals surface area contributed by atoms with Gasteiger partial charge < -0.3 is 10.1 Å². The highest BCUT2D eigenvalue weighted by molar-refractivity contribution is 6.32. The summed E-state index contributed by atoms with van der Waals surface area (Å²) in [6.45, 7) is -0.195. The SMILES string of the molecule is COc1ccc(NC(=O)Cn2[nH]c3c(cnc4ccc(Cl)cc43)c2=O)cc1Cl. The lowest BCUT2D eigenvalue weighted by Crippen LogP contribution is -2.26. The van der Waals surface area contributed by atoms with Crippen molar-refractivity contribution in [2.75, 3.05) is 12.4 Å². The molecular weight excluding hydrogens is 403 g/mol. The third-order valence-electron chi connectivity index (χ3n) is 4.29. The van der Waals surface area contributed by atoms with E-state index in [1.54, 1.807) is 36.4 Å². The van der Waals surface area contributed by atoms with Crippen molar-refractivity contribution in [1.29, 1.82) is 0 Å². The molecule has 0 saturated heterocycles. The number of nitrogens with one attached hydrogen (secondary N) is 2. The molecule has 2 aromatic carbocycles. The minimum atomic E-state index is -0.384. The van der Waals surface area contributed by atoms with Gasteiger partial charge in [0.15, 0.2) is 0 Å². The summed E-state index contributed by atoms with van der Waals surface area (Å²) in [4.78, 5) is 29.3. The van der Waals surface area contributed by atoms with Crippen LogP contribution in [0, 0.1) is 0 Å². The van der Waals surface area contributed by atoms with Crippen LogP contribution in [0.3, 0.4) is 0 Å². The van der Waals surface area contributed by atoms with Crippen LogP contribution < -0.4 is 15.6 Å². The van der Waals surface area contributed by atoms with Gasteiger partial charge in [-0.05, 0) is 36.4 Å². The number of hydrogen-bond donors (Lipinski definition) is 2. The van der Waals surface area contributed by atoms with Crippen LogP contribution in [0.1, 0.15) is 0 Å². The molecule has 142 valence electrons. The maximum absolute atomic E-state index is 12.6. The molecule has 0 bridgehead atoms. The van der Waals surface area contributed by atoms with E-state index in [4.69, 9.17) is 27.9 Å². The van der Waals surface area contributed by atoms with Gasteiger partial charge in [0.2, 0.25) is 5.91 Å². The number of carbonyl (C=O) groups is 1. The van der Waals surface area contributed by atoms with E-state index in [1.807, 2.05) is 0 Å². The molecule has 4 rings (SSSR count). The summed E-state index contributed by atoms with van der Waals surface area (Å²) in [6.07, 6.45) is 1.49. The molecule has 4 aromatic rings. The Balaban J connectivity index is 1.64. The Morgan fingerprint density at radius 3 is 2.79 bits per heavy atom. The number of nitrogens with zero attached hydrogens (tertiary/aromatic N) is 2. The molecule has 1 amide bonds. The summed E-state index contributed by atoms with van der Waals surface area (Å²) < 4.78 is 6.31. The van der Waals surface area contributed by atoms with Gasteiger partial charge in [0.25, 0.3) is 5.56 Å². The molecule has 0 aliphatic carbocycles. The molecule has 0 aliphatic rings. The Labute approximate surface area is 168 Å². The van der Waals surface area contributed by atoms with Gasteiger partial charge in [0.05, 0.1) is 28.6 Å². The molecule has 0 fully saturated rings. The Morgan fingerprint density at radius 1 is 1.21 bits per heavy atom. The molecule has 0 aliphatic heterocycles. The van der Waals surface area contributed by atoms with Crippen LogP contribution in [0.5, 0.6) is 5.75 Å². The first-order valence-corrected chi connectivity index (χ1v) is 9.02. The van der Waals surface area contributed by atoms with E-state index < -0.39 is 0 Å². The lowest BCUT2D eigenvalue weighted by Gasteiger charge is -2.08. The highest BCUT2D eigenvalue weighted by Crippen LogP contribution is 2.27. The van der Waals surface area contributed by atoms with E-state index in [0.29, 0.717) is 43.3 Å². The second-order valence-electron chi connectivity index (χ2n) is 6.11. The zero-order valence-corrected chi connectivity index (χ0v) is 16.1. The predicted molar refractivity (Wildman–Crippen MR) is 110 cm³/mol. The fourth-order valence-corrected chi connectivity index (χ4v) is 3.41. The van der Waals surface area contributed by atoms with Gasteiger partial charge in [-0.1, -0.05) is 23.2 Å². The summed E-state index contributed by atoms with van der Waals surface area (Å²) in [5.74, 6) is 0.120. The number of H-pyrrole nitrogens is 1. The minimum absolute atomic E-state index is 0.195. The molecule has 0 saturated carbocycles. The van der Waals surface area contributed by atoms with E-state index in [0.717, 1.165) is 0 Å². The molecule has 0 spiro atoms. The quantitative estimate of drug-likeness (QED) is 0.528. The van der Waals surface area contributed by atoms with Gasteiger partial charge in [-0.25, -0.2) is 4.68 Å². The summed E-state index contributed by atoms with van der Waals surface area (Å²) in [5.41, 5.74) is 1.44. The van der Waals surface area contributed by atoms with Crippen LogP contribution in [0.25, 0.3) is 21.8 Å². The summed E-state index contributed by atoms with van der Waals surface area (Å²) in [7, 11) is 1.51. The number of fused-ring (bicyclic) bond motifs is 3. The highest BCUT2D eigenvalue weighted by atomic mass is 35.5. The molecule has 9 heteroatoms. The number of benzene rings is 2. The number of amides is 1. The molecule has 7 nitrogen and oxygen atoms in total. The first kappa shape index (κ1) is 18.3. The highest BCUT2D eigenvalue weighted by Gasteiger charge is 2.14. The minimum Gasteiger partial charge on any atom is -0.495 e. The molecular formula is C19H14Cl2N4O3. The third kappa shape index (κ3) is 3.30. The van der Waals surface area contributed by atoms with E-state index in [2.05, 4.69) is 15.4 Å². The van der Waals surface area contributed by atoms with Gasteiger partial charge in [-0.2, -0.15) is 0 Å². The van der Waals surface area contributed by atoms with E-state index in [9.17, 15) is 9.59 Å². The Hall–Kier alpha value is -3.03. The van der Waals surface area contributed by atoms with Crippen LogP contribution in [0.15, 0.2) is 47.4 Å². The van der Waals surface area contributed by atoms with Gasteiger partial charge in [0.1, 0.15) is 12.3 Å². The number of pyridine rings is 1. The van der Waals surface area contributed by atoms with Crippen molar-refractivity contribution in [3.63, 3.8) is 0 Å². The number of aromatic nitrogens is 3. The largest absolute Gasteiger partial charge is 0.495 e. The van der Waals surface area contributed by atoms with Crippen molar-refractivity contribution in [2.45, 2.75) is 6.54 Å². The number of ether oxygens (including phenoxy) is 1. The molecule has 0 atom stereocenters. The van der Waals surface area contributed by atoms with Crippen LogP contribution in [0.4, 0.5) is 5.69 Å². The normalized spacial score (nSPS) is 11.1. The van der Waals surface area contributed by atoms with Gasteiger partial charge in [-0.3, -0.25) is 19.7 Å². The fourth-order valence-electron chi connectivity index (χ4n) is 2.98. The predicted octanol–water partition coefficient (Wildman–Crippen LogP) is 3.83. The number of aromatic amines is 1. The van der Waals surface area contributed by atoms with Crippen molar-refractivity contribution >= 4 is 56.6 Å². The maximum Gasteiger partial charge on any atom is 0.276 e. The number of halogens is 2. The Kier molecular flexibility index (Phi) is 4.70. The smallest absolute Gasteiger partial charge is 0.276 e. The van der Waals surface area contributed by atoms with Crippen molar-refractivity contribution in [1.82, 2.24) is 14.8 Å². The van der Waals surface area contributed by atoms with Crippen LogP contribution in [-0.2, 0) is 11.3 Å². The van der Waals surface area contributed by atoms with Crippen molar-refractivity contribution < 1.29 is 9.53 Å². The molecule has 0 unspecified atom stereocenters. The number of methoxy groups -OCH3 is 1. The van der Waals surface area contributed by atoms with Gasteiger partial charge in [0, 0.05) is 22.3 Å². The summed E-state index contributed by atoms with van der Waals surface area (Å²) in [5, 5.41) is 7.68. The number of carbonyl (C=O) groups excluding carboxylic acids is 1. The molecule has 2 aromatic heterocycles. The summed E-state index contributed by atoms with van der Waals surface area (Å²) in [6, 6.07) is 10.1. The van der Waals surface area contributed by atoms with Crippen LogP contribution in [-0.4, -0.2) is 27.8 Å². The first-order valence-electron chi connectivity index (χ1n) is 8.26. The first-order chi connectivity index (χ1) is 13.5. The molecule has 2 N–H and O–H groups in total. The zero-order chi connectivity index (χ0) is 19.8. The molecule has 0 radical (unpaired) electrons. The van der Waals surface area contributed by atoms with E-state index in [1.165, 1.54) is 18.0 Å². The zero-order valence-electron chi connectivity index (χ0n) is 14.6. The maximum atomic E-state index is 12.6. The molecule has 28 heavy (non-hydrogen) atoms. The third-order valence-corrected chi connectivity index (χ3v) is 4.82. The van der Waals surface area contributed by atoms with Crippen molar-refractivity contribution in [3.05, 3.63) is 63.0 Å². The molecule has 2 heterocycles. The number of anilines is 1. The Morgan fingerprint density at radius 2 is 2.04 bits per heavy atom. The lowest BCUT2D eigenvalue weighted by molar-refractivity contribution is -0.116. The average molecular weight is 417 g/mol. The van der Waals surface area contributed by atoms with Gasteiger partial charge >= 0.3 is 0 Å². The van der Waals surface area contributed by atoms with Crippen LogP contribution >= 0.6 is 23.2 Å². The fraction of sp³-hybridized carbons (Fsp3) is 0.105. The topological polar surface area (TPSA) is 89.0 Å². The second kappa shape index (κ2) is 7.18. The van der Waals surface area contributed by atoms with E-state index >= 15 is 0 Å². The van der Waals surface area contributed by atoms with E-state index in [-0.39, 0.29) is 18.0 Å². The lowest BCUT2D eigenvalue weighted by atomic mass is 10.2. The Bertz CT molecular complexity index is 1280. The van der Waals surface area contributed by atoms with Gasteiger partial charge in [-0.15, -0.1) is 0 Å².